The van der Waals surface area contributed by atoms with Gasteiger partial charge in [0.1, 0.15) is 13.2 Å². The number of quaternary nitrogens is 1. The van der Waals surface area contributed by atoms with E-state index < -0.39 is 24.3 Å². The van der Waals surface area contributed by atoms with E-state index in [4.69, 9.17) is 18.9 Å². The molecule has 0 saturated heterocycles. The highest BCUT2D eigenvalue weighted by Gasteiger charge is 2.22. The Labute approximate surface area is 400 Å². The van der Waals surface area contributed by atoms with Gasteiger partial charge in [0.15, 0.2) is 12.4 Å². The molecular weight excluding hydrogens is 815 g/mol. The molecule has 0 aromatic rings. The summed E-state index contributed by atoms with van der Waals surface area (Å²) in [6.07, 6.45) is 53.3. The van der Waals surface area contributed by atoms with E-state index in [0.717, 1.165) is 64.2 Å². The fourth-order valence-corrected chi connectivity index (χ4v) is 7.73. The summed E-state index contributed by atoms with van der Waals surface area (Å²) in [6, 6.07) is 0. The summed E-state index contributed by atoms with van der Waals surface area (Å²) >= 11 is 0. The first-order valence-corrected chi connectivity index (χ1v) is 27.1. The molecule has 0 aliphatic carbocycles. The van der Waals surface area contributed by atoms with E-state index >= 15 is 0 Å². The monoisotopic (exact) mass is 918 g/mol. The molecule has 65 heavy (non-hydrogen) atoms. The number of unbranched alkanes of at least 4 members (excludes halogenated alkanes) is 29. The van der Waals surface area contributed by atoms with Gasteiger partial charge in [-0.15, -0.1) is 0 Å². The number of hydrogen-bond donors (Lipinski definition) is 0. The number of ether oxygens (including phenoxy) is 4. The van der Waals surface area contributed by atoms with E-state index in [2.05, 4.69) is 50.3 Å². The number of allylic oxidation sites excluding steroid dienone is 6. The van der Waals surface area contributed by atoms with Gasteiger partial charge in [-0.2, -0.15) is 0 Å². The van der Waals surface area contributed by atoms with Crippen LogP contribution < -0.4 is 5.11 Å². The highest BCUT2D eigenvalue weighted by molar-refractivity contribution is 5.70. The largest absolute Gasteiger partial charge is 0.545 e. The van der Waals surface area contributed by atoms with Gasteiger partial charge in [0.2, 0.25) is 0 Å². The van der Waals surface area contributed by atoms with Gasteiger partial charge in [-0.25, -0.2) is 0 Å². The molecule has 0 saturated carbocycles. The molecule has 0 aromatic heterocycles. The molecule has 0 rings (SSSR count). The summed E-state index contributed by atoms with van der Waals surface area (Å²) in [6.45, 7) is 4.66. The standard InChI is InChI=1S/C56H103NO8/c1-6-8-10-12-14-16-18-20-22-24-25-26-27-28-29-31-32-34-36-38-40-42-44-46-53(58)63-50-52(51-64-56(55(60)61)62-49-48-57(3,4)5)65-54(59)47-45-43-41-39-37-35-33-30-23-21-19-17-15-13-11-9-7-2/h9,11,15,17,21,23,52,56H,6-8,10,12-14,16,18-20,22,24-51H2,1-5H3/b11-9-,17-15-,23-21-. The quantitative estimate of drug-likeness (QED) is 0.0195. The highest BCUT2D eigenvalue weighted by atomic mass is 16.7. The third-order valence-electron chi connectivity index (χ3n) is 11.9. The Morgan fingerprint density at radius 1 is 0.477 bits per heavy atom. The maximum Gasteiger partial charge on any atom is 0.306 e. The number of rotatable bonds is 50. The lowest BCUT2D eigenvalue weighted by Gasteiger charge is -2.26. The molecule has 0 aliphatic heterocycles. The second kappa shape index (κ2) is 48.0. The predicted molar refractivity (Wildman–Crippen MR) is 269 cm³/mol. The predicted octanol–water partition coefficient (Wildman–Crippen LogP) is 14.0. The van der Waals surface area contributed by atoms with Gasteiger partial charge < -0.3 is 33.3 Å². The van der Waals surface area contributed by atoms with Crippen LogP contribution in [0.25, 0.3) is 0 Å². The van der Waals surface area contributed by atoms with Gasteiger partial charge in [-0.3, -0.25) is 9.59 Å². The lowest BCUT2D eigenvalue weighted by molar-refractivity contribution is -0.870. The maximum absolute atomic E-state index is 12.8. The number of nitrogens with zero attached hydrogens (tertiary/aromatic N) is 1. The zero-order valence-electron chi connectivity index (χ0n) is 43.1. The summed E-state index contributed by atoms with van der Waals surface area (Å²) in [5.41, 5.74) is 0. The topological polar surface area (TPSA) is 111 Å². The summed E-state index contributed by atoms with van der Waals surface area (Å²) in [5, 5.41) is 11.7. The molecule has 0 aliphatic rings. The molecule has 2 atom stereocenters. The molecule has 9 nitrogen and oxygen atoms in total. The van der Waals surface area contributed by atoms with E-state index in [1.807, 2.05) is 21.1 Å². The Bertz CT molecular complexity index is 1160. The van der Waals surface area contributed by atoms with Crippen molar-refractivity contribution in [1.29, 1.82) is 0 Å². The van der Waals surface area contributed by atoms with Gasteiger partial charge in [-0.1, -0.05) is 224 Å². The van der Waals surface area contributed by atoms with Crippen LogP contribution in [0.2, 0.25) is 0 Å². The Hall–Kier alpha value is -2.49. The van der Waals surface area contributed by atoms with Crippen LogP contribution in [0.1, 0.15) is 245 Å². The third-order valence-corrected chi connectivity index (χ3v) is 11.9. The smallest absolute Gasteiger partial charge is 0.306 e. The number of hydrogen-bond acceptors (Lipinski definition) is 8. The molecule has 0 spiro atoms. The molecule has 9 heteroatoms. The normalized spacial score (nSPS) is 13.1. The minimum absolute atomic E-state index is 0.146. The molecule has 380 valence electrons. The van der Waals surface area contributed by atoms with Crippen molar-refractivity contribution in [2.75, 3.05) is 47.5 Å². The number of aliphatic carboxylic acids is 1. The van der Waals surface area contributed by atoms with Crippen LogP contribution in [-0.4, -0.2) is 82.3 Å². The first-order chi connectivity index (χ1) is 31.6. The van der Waals surface area contributed by atoms with Crippen LogP contribution in [0.5, 0.6) is 0 Å². The zero-order chi connectivity index (χ0) is 47.7. The van der Waals surface area contributed by atoms with Crippen molar-refractivity contribution in [2.24, 2.45) is 0 Å². The first kappa shape index (κ1) is 62.5. The summed E-state index contributed by atoms with van der Waals surface area (Å²) in [4.78, 5) is 37.2. The van der Waals surface area contributed by atoms with Crippen LogP contribution in [-0.2, 0) is 33.3 Å². The van der Waals surface area contributed by atoms with E-state index in [-0.39, 0.29) is 32.2 Å². The molecule has 0 N–H and O–H groups in total. The average Bonchev–Trinajstić information content (AvgIpc) is 3.27. The van der Waals surface area contributed by atoms with Crippen molar-refractivity contribution in [1.82, 2.24) is 0 Å². The average molecular weight is 918 g/mol. The number of carbonyl (C=O) groups excluding carboxylic acids is 3. The summed E-state index contributed by atoms with van der Waals surface area (Å²) in [5.74, 6) is -2.28. The van der Waals surface area contributed by atoms with E-state index in [1.165, 1.54) is 148 Å². The molecule has 0 fully saturated rings. The fraction of sp³-hybridized carbons (Fsp3) is 0.839. The second-order valence-corrected chi connectivity index (χ2v) is 19.5. The lowest BCUT2D eigenvalue weighted by atomic mass is 10.0. The Morgan fingerprint density at radius 2 is 0.877 bits per heavy atom. The molecule has 0 bridgehead atoms. The van der Waals surface area contributed by atoms with Gasteiger partial charge in [0.25, 0.3) is 0 Å². The number of likely N-dealkylation sites (N-methyl/N-ethyl adjacent to an activating group) is 1. The van der Waals surface area contributed by atoms with Crippen molar-refractivity contribution in [3.8, 4) is 0 Å². The van der Waals surface area contributed by atoms with Crippen LogP contribution in [0.4, 0.5) is 0 Å². The Kier molecular flexibility index (Phi) is 46.1. The van der Waals surface area contributed by atoms with Crippen molar-refractivity contribution in [3.63, 3.8) is 0 Å². The van der Waals surface area contributed by atoms with Crippen molar-refractivity contribution >= 4 is 17.9 Å². The van der Waals surface area contributed by atoms with Crippen molar-refractivity contribution < 1.29 is 42.9 Å². The molecule has 0 radical (unpaired) electrons. The lowest BCUT2D eigenvalue weighted by Crippen LogP contribution is -2.44. The van der Waals surface area contributed by atoms with Gasteiger partial charge in [0.05, 0.1) is 40.3 Å². The van der Waals surface area contributed by atoms with Crippen LogP contribution in [0.3, 0.4) is 0 Å². The summed E-state index contributed by atoms with van der Waals surface area (Å²) in [7, 11) is 5.92. The molecule has 0 heterocycles. The third kappa shape index (κ3) is 49.2. The molecule has 0 amide bonds. The van der Waals surface area contributed by atoms with Crippen LogP contribution >= 0.6 is 0 Å². The SMILES string of the molecule is CC/C=C\C/C=C\C/C=C\CCCCCCCCCC(=O)OC(COC(=O)CCCCCCCCCCCCCCCCCCCCCCCCC)COC(OCC[N+](C)(C)C)C(=O)[O-]. The Morgan fingerprint density at radius 3 is 1.31 bits per heavy atom. The minimum atomic E-state index is -1.62. The van der Waals surface area contributed by atoms with Gasteiger partial charge >= 0.3 is 11.9 Å². The molecule has 2 unspecified atom stereocenters. The van der Waals surface area contributed by atoms with Gasteiger partial charge in [0, 0.05) is 12.8 Å². The number of carbonyl (C=O) groups is 3. The first-order valence-electron chi connectivity index (χ1n) is 27.1. The molecular formula is C56H103NO8. The van der Waals surface area contributed by atoms with Crippen LogP contribution in [0.15, 0.2) is 36.5 Å². The van der Waals surface area contributed by atoms with Gasteiger partial charge in [-0.05, 0) is 44.9 Å². The number of carboxylic acids is 1. The second-order valence-electron chi connectivity index (χ2n) is 19.5. The van der Waals surface area contributed by atoms with E-state index in [0.29, 0.717) is 23.9 Å². The van der Waals surface area contributed by atoms with Crippen LogP contribution in [0, 0.1) is 0 Å². The van der Waals surface area contributed by atoms with E-state index in [9.17, 15) is 19.5 Å². The number of esters is 2. The van der Waals surface area contributed by atoms with E-state index in [1.54, 1.807) is 0 Å². The van der Waals surface area contributed by atoms with Crippen molar-refractivity contribution in [2.45, 2.75) is 257 Å². The minimum Gasteiger partial charge on any atom is -0.545 e. The maximum atomic E-state index is 12.8. The fourth-order valence-electron chi connectivity index (χ4n) is 7.73. The number of carboxylic acid groups (broad SMARTS) is 1. The zero-order valence-corrected chi connectivity index (χ0v) is 43.1. The Balaban J connectivity index is 4.25. The summed E-state index contributed by atoms with van der Waals surface area (Å²) < 4.78 is 22.7. The highest BCUT2D eigenvalue weighted by Crippen LogP contribution is 2.17. The van der Waals surface area contributed by atoms with Crippen molar-refractivity contribution in [3.05, 3.63) is 36.5 Å². The molecule has 0 aromatic carbocycles.